The van der Waals surface area contributed by atoms with E-state index in [9.17, 15) is 0 Å². The number of fused-ring (bicyclic) bond motifs is 1. The molecular formula is C9H6N2O. The fraction of sp³-hybridized carbons (Fsp3) is 0. The first-order chi connectivity index (χ1) is 5.90. The molecule has 2 aromatic rings. The number of nitrogens with zero attached hydrogens (tertiary/aromatic N) is 1. The van der Waals surface area contributed by atoms with Crippen LogP contribution in [0.15, 0.2) is 30.5 Å². The summed E-state index contributed by atoms with van der Waals surface area (Å²) in [5.41, 5.74) is 1.04. The third-order valence-electron chi connectivity index (χ3n) is 1.69. The Labute approximate surface area is 69.2 Å². The molecule has 0 radical (unpaired) electrons. The smallest absolute Gasteiger partial charge is 0.292 e. The van der Waals surface area contributed by atoms with Crippen molar-refractivity contribution >= 4 is 10.9 Å². The summed E-state index contributed by atoms with van der Waals surface area (Å²) in [7, 11) is 0. The zero-order valence-corrected chi connectivity index (χ0v) is 6.24. The zero-order valence-electron chi connectivity index (χ0n) is 6.24. The van der Waals surface area contributed by atoms with Crippen LogP contribution in [-0.2, 0) is 0 Å². The highest BCUT2D eigenvalue weighted by molar-refractivity contribution is 5.80. The second kappa shape index (κ2) is 2.59. The first-order valence-corrected chi connectivity index (χ1v) is 3.53. The molecule has 1 N–H and O–H groups in total. The van der Waals surface area contributed by atoms with Gasteiger partial charge in [0.2, 0.25) is 0 Å². The standard InChI is InChI=1S/C9H6N2O/c10-6-12-8-1-2-9-7(5-8)3-4-11-9/h1-5,11H. The second-order valence-electron chi connectivity index (χ2n) is 2.42. The number of hydrogen-bond donors (Lipinski definition) is 1. The molecule has 12 heavy (non-hydrogen) atoms. The van der Waals surface area contributed by atoms with E-state index in [1.54, 1.807) is 12.3 Å². The summed E-state index contributed by atoms with van der Waals surface area (Å²) in [6, 6.07) is 7.37. The Balaban J connectivity index is 2.54. The van der Waals surface area contributed by atoms with Gasteiger partial charge in [-0.3, -0.25) is 0 Å². The maximum atomic E-state index is 8.26. The third kappa shape index (κ3) is 0.995. The van der Waals surface area contributed by atoms with Gasteiger partial charge in [-0.05, 0) is 24.3 Å². The topological polar surface area (TPSA) is 48.8 Å². The van der Waals surface area contributed by atoms with Crippen molar-refractivity contribution in [2.75, 3.05) is 0 Å². The lowest BCUT2D eigenvalue weighted by atomic mass is 10.2. The molecule has 0 saturated heterocycles. The van der Waals surface area contributed by atoms with Crippen LogP contribution in [0.3, 0.4) is 0 Å². The Bertz CT molecular complexity index is 439. The van der Waals surface area contributed by atoms with Gasteiger partial charge in [0.15, 0.2) is 0 Å². The monoisotopic (exact) mass is 158 g/mol. The van der Waals surface area contributed by atoms with Crippen LogP contribution < -0.4 is 4.74 Å². The van der Waals surface area contributed by atoms with E-state index in [0.29, 0.717) is 5.75 Å². The van der Waals surface area contributed by atoms with Gasteiger partial charge in [0, 0.05) is 17.1 Å². The fourth-order valence-corrected chi connectivity index (χ4v) is 1.15. The molecule has 3 heteroatoms. The van der Waals surface area contributed by atoms with Crippen molar-refractivity contribution in [2.45, 2.75) is 0 Å². The number of nitrogens with one attached hydrogen (secondary N) is 1. The molecule has 0 aliphatic carbocycles. The highest BCUT2D eigenvalue weighted by Crippen LogP contribution is 2.18. The Kier molecular flexibility index (Phi) is 1.45. The van der Waals surface area contributed by atoms with Gasteiger partial charge in [0.1, 0.15) is 5.75 Å². The van der Waals surface area contributed by atoms with Crippen molar-refractivity contribution in [2.24, 2.45) is 0 Å². The number of benzene rings is 1. The minimum atomic E-state index is 0.574. The zero-order chi connectivity index (χ0) is 8.39. The van der Waals surface area contributed by atoms with E-state index < -0.39 is 0 Å². The molecule has 0 bridgehead atoms. The van der Waals surface area contributed by atoms with Crippen molar-refractivity contribution in [3.8, 4) is 12.0 Å². The number of nitriles is 1. The van der Waals surface area contributed by atoms with Gasteiger partial charge in [-0.25, -0.2) is 0 Å². The average molecular weight is 158 g/mol. The predicted molar refractivity (Wildman–Crippen MR) is 44.5 cm³/mol. The summed E-state index contributed by atoms with van der Waals surface area (Å²) in [5.74, 6) is 0.574. The van der Waals surface area contributed by atoms with Crippen LogP contribution >= 0.6 is 0 Å². The lowest BCUT2D eigenvalue weighted by Gasteiger charge is -1.94. The molecule has 3 nitrogen and oxygen atoms in total. The van der Waals surface area contributed by atoms with E-state index in [1.165, 1.54) is 0 Å². The first kappa shape index (κ1) is 6.74. The maximum absolute atomic E-state index is 8.26. The molecule has 0 spiro atoms. The van der Waals surface area contributed by atoms with Crippen LogP contribution in [0.2, 0.25) is 0 Å². The molecule has 1 aromatic heterocycles. The van der Waals surface area contributed by atoms with Crippen LogP contribution in [0.4, 0.5) is 0 Å². The molecule has 0 unspecified atom stereocenters. The van der Waals surface area contributed by atoms with E-state index in [2.05, 4.69) is 9.72 Å². The van der Waals surface area contributed by atoms with Gasteiger partial charge in [-0.1, -0.05) is 0 Å². The van der Waals surface area contributed by atoms with Crippen molar-refractivity contribution in [1.82, 2.24) is 4.98 Å². The van der Waals surface area contributed by atoms with Crippen LogP contribution in [0, 0.1) is 11.5 Å². The molecule has 2 rings (SSSR count). The van der Waals surface area contributed by atoms with Crippen LogP contribution in [0.25, 0.3) is 10.9 Å². The van der Waals surface area contributed by atoms with Gasteiger partial charge < -0.3 is 9.72 Å². The SMILES string of the molecule is N#COc1ccc2[nH]ccc2c1. The summed E-state index contributed by atoms with van der Waals surface area (Å²) in [6.07, 6.45) is 3.48. The van der Waals surface area contributed by atoms with E-state index in [0.717, 1.165) is 10.9 Å². The number of rotatable bonds is 1. The number of ether oxygens (including phenoxy) is 1. The van der Waals surface area contributed by atoms with Gasteiger partial charge in [0.05, 0.1) is 0 Å². The van der Waals surface area contributed by atoms with Gasteiger partial charge in [0.25, 0.3) is 6.26 Å². The Hall–Kier alpha value is -1.95. The van der Waals surface area contributed by atoms with Gasteiger partial charge in [-0.15, -0.1) is 5.26 Å². The lowest BCUT2D eigenvalue weighted by molar-refractivity contribution is 0.508. The molecule has 0 fully saturated rings. The second-order valence-corrected chi connectivity index (χ2v) is 2.42. The molecular weight excluding hydrogens is 152 g/mol. The summed E-state index contributed by atoms with van der Waals surface area (Å²) >= 11 is 0. The van der Waals surface area contributed by atoms with E-state index in [-0.39, 0.29) is 0 Å². The maximum Gasteiger partial charge on any atom is 0.292 e. The number of hydrogen-bond acceptors (Lipinski definition) is 2. The molecule has 0 aliphatic rings. The molecule has 58 valence electrons. The van der Waals surface area contributed by atoms with Crippen LogP contribution in [-0.4, -0.2) is 4.98 Å². The quantitative estimate of drug-likeness (QED) is 0.645. The first-order valence-electron chi connectivity index (χ1n) is 3.53. The summed E-state index contributed by atoms with van der Waals surface area (Å²) in [5, 5.41) is 9.31. The third-order valence-corrected chi connectivity index (χ3v) is 1.69. The highest BCUT2D eigenvalue weighted by Gasteiger charge is 1.96. The normalized spacial score (nSPS) is 9.58. The average Bonchev–Trinajstić information content (AvgIpc) is 2.51. The Morgan fingerprint density at radius 2 is 2.25 bits per heavy atom. The minimum Gasteiger partial charge on any atom is -0.388 e. The summed E-state index contributed by atoms with van der Waals surface area (Å²) in [6.45, 7) is 0. The van der Waals surface area contributed by atoms with Crippen molar-refractivity contribution in [3.63, 3.8) is 0 Å². The molecule has 0 atom stereocenters. The Morgan fingerprint density at radius 3 is 3.08 bits per heavy atom. The van der Waals surface area contributed by atoms with E-state index in [1.807, 2.05) is 24.4 Å². The molecule has 0 saturated carbocycles. The minimum absolute atomic E-state index is 0.574. The van der Waals surface area contributed by atoms with E-state index in [4.69, 9.17) is 5.26 Å². The molecule has 0 amide bonds. The number of aromatic amines is 1. The van der Waals surface area contributed by atoms with E-state index >= 15 is 0 Å². The van der Waals surface area contributed by atoms with Gasteiger partial charge >= 0.3 is 0 Å². The number of aromatic nitrogens is 1. The lowest BCUT2D eigenvalue weighted by Crippen LogP contribution is -1.80. The van der Waals surface area contributed by atoms with Crippen molar-refractivity contribution < 1.29 is 4.74 Å². The fourth-order valence-electron chi connectivity index (χ4n) is 1.15. The van der Waals surface area contributed by atoms with Crippen molar-refractivity contribution in [1.29, 1.82) is 5.26 Å². The summed E-state index contributed by atoms with van der Waals surface area (Å²) in [4.78, 5) is 3.05. The summed E-state index contributed by atoms with van der Waals surface area (Å²) < 4.78 is 4.68. The molecule has 0 aliphatic heterocycles. The number of H-pyrrole nitrogens is 1. The van der Waals surface area contributed by atoms with Crippen LogP contribution in [0.1, 0.15) is 0 Å². The largest absolute Gasteiger partial charge is 0.388 e. The molecule has 1 aromatic carbocycles. The highest BCUT2D eigenvalue weighted by atomic mass is 16.5. The predicted octanol–water partition coefficient (Wildman–Crippen LogP) is 2.03. The molecule has 1 heterocycles. The Morgan fingerprint density at radius 1 is 1.33 bits per heavy atom. The van der Waals surface area contributed by atoms with Gasteiger partial charge in [-0.2, -0.15) is 0 Å². The van der Waals surface area contributed by atoms with Crippen LogP contribution in [0.5, 0.6) is 5.75 Å². The van der Waals surface area contributed by atoms with Crippen molar-refractivity contribution in [3.05, 3.63) is 30.5 Å².